The lowest BCUT2D eigenvalue weighted by Gasteiger charge is -1.94. The predicted octanol–water partition coefficient (Wildman–Crippen LogP) is 0.937. The molecule has 0 saturated carbocycles. The molecular formula is C10H11N3O3. The molecule has 2 aromatic heterocycles. The fourth-order valence-corrected chi connectivity index (χ4v) is 1.34. The van der Waals surface area contributed by atoms with E-state index in [1.54, 1.807) is 23.4 Å². The van der Waals surface area contributed by atoms with Crippen LogP contribution in [0.25, 0.3) is 0 Å². The molecule has 0 radical (unpaired) electrons. The van der Waals surface area contributed by atoms with E-state index in [1.807, 2.05) is 6.07 Å². The summed E-state index contributed by atoms with van der Waals surface area (Å²) in [5.41, 5.74) is 1.68. The highest BCUT2D eigenvalue weighted by molar-refractivity contribution is 5.66. The number of carbonyl (C=O) groups is 1. The van der Waals surface area contributed by atoms with Crippen LogP contribution < -0.4 is 0 Å². The van der Waals surface area contributed by atoms with Crippen molar-refractivity contribution >= 4 is 5.97 Å². The van der Waals surface area contributed by atoms with Crippen LogP contribution in [0.4, 0.5) is 0 Å². The average molecular weight is 221 g/mol. The molecule has 0 unspecified atom stereocenters. The first-order valence-electron chi connectivity index (χ1n) is 4.86. The molecule has 6 nitrogen and oxygen atoms in total. The smallest absolute Gasteiger partial charge is 0.303 e. The van der Waals surface area contributed by atoms with E-state index in [-0.39, 0.29) is 6.42 Å². The van der Waals surface area contributed by atoms with Gasteiger partial charge in [0.05, 0.1) is 31.2 Å². The predicted molar refractivity (Wildman–Crippen MR) is 53.8 cm³/mol. The van der Waals surface area contributed by atoms with Crippen LogP contribution >= 0.6 is 0 Å². The van der Waals surface area contributed by atoms with E-state index in [9.17, 15) is 4.79 Å². The van der Waals surface area contributed by atoms with Crippen LogP contribution in [0.5, 0.6) is 0 Å². The second kappa shape index (κ2) is 4.61. The zero-order valence-electron chi connectivity index (χ0n) is 8.54. The van der Waals surface area contributed by atoms with Crippen LogP contribution in [-0.2, 0) is 17.8 Å². The maximum absolute atomic E-state index is 10.4. The Hall–Kier alpha value is -2.11. The van der Waals surface area contributed by atoms with Gasteiger partial charge in [0.2, 0.25) is 0 Å². The van der Waals surface area contributed by atoms with Crippen molar-refractivity contribution in [3.05, 3.63) is 36.0 Å². The number of carboxylic acids is 1. The number of aromatic nitrogens is 3. The molecule has 0 fully saturated rings. The van der Waals surface area contributed by atoms with Crippen LogP contribution in [0.15, 0.2) is 29.2 Å². The number of nitrogens with zero attached hydrogens (tertiary/aromatic N) is 3. The molecule has 0 atom stereocenters. The van der Waals surface area contributed by atoms with E-state index < -0.39 is 5.97 Å². The van der Waals surface area contributed by atoms with Crippen molar-refractivity contribution in [1.82, 2.24) is 15.0 Å². The molecule has 1 N–H and O–H groups in total. The summed E-state index contributed by atoms with van der Waals surface area (Å²) in [6, 6.07) is 1.85. The lowest BCUT2D eigenvalue weighted by molar-refractivity contribution is -0.136. The Morgan fingerprint density at radius 3 is 3.12 bits per heavy atom. The van der Waals surface area contributed by atoms with Gasteiger partial charge in [-0.3, -0.25) is 4.79 Å². The van der Waals surface area contributed by atoms with Crippen LogP contribution in [0, 0.1) is 0 Å². The van der Waals surface area contributed by atoms with Crippen molar-refractivity contribution in [2.45, 2.75) is 19.4 Å². The number of aliphatic carboxylic acids is 1. The average Bonchev–Trinajstić information content (AvgIpc) is 2.87. The van der Waals surface area contributed by atoms with Gasteiger partial charge in [0.25, 0.3) is 0 Å². The van der Waals surface area contributed by atoms with Gasteiger partial charge in [-0.05, 0) is 6.07 Å². The molecule has 0 aliphatic rings. The SMILES string of the molecule is O=C(O)CCc1cn(Cc2ccoc2)nn1. The second-order valence-electron chi connectivity index (χ2n) is 3.43. The highest BCUT2D eigenvalue weighted by Crippen LogP contribution is 2.04. The molecule has 0 saturated heterocycles. The standard InChI is InChI=1S/C10H11N3O3/c14-10(15)2-1-9-6-13(12-11-9)5-8-3-4-16-7-8/h3-4,6-7H,1-2,5H2,(H,14,15). The van der Waals surface area contributed by atoms with Gasteiger partial charge in [-0.25, -0.2) is 4.68 Å². The molecule has 0 spiro atoms. The van der Waals surface area contributed by atoms with Gasteiger partial charge >= 0.3 is 5.97 Å². The van der Waals surface area contributed by atoms with Crippen molar-refractivity contribution in [2.75, 3.05) is 0 Å². The summed E-state index contributed by atoms with van der Waals surface area (Å²) in [5.74, 6) is -0.829. The Bertz CT molecular complexity index is 461. The maximum Gasteiger partial charge on any atom is 0.303 e. The van der Waals surface area contributed by atoms with Gasteiger partial charge in [-0.1, -0.05) is 5.21 Å². The number of furan rings is 1. The molecule has 2 heterocycles. The van der Waals surface area contributed by atoms with Gasteiger partial charge in [0.15, 0.2) is 0 Å². The van der Waals surface area contributed by atoms with Gasteiger partial charge in [0.1, 0.15) is 0 Å². The van der Waals surface area contributed by atoms with E-state index in [0.717, 1.165) is 5.56 Å². The Kier molecular flexibility index (Phi) is 3.00. The Labute approximate surface area is 91.5 Å². The highest BCUT2D eigenvalue weighted by Gasteiger charge is 2.04. The fourth-order valence-electron chi connectivity index (χ4n) is 1.34. The van der Waals surface area contributed by atoms with Crippen LogP contribution in [0.3, 0.4) is 0 Å². The molecule has 2 aromatic rings. The zero-order valence-corrected chi connectivity index (χ0v) is 8.54. The monoisotopic (exact) mass is 221 g/mol. The molecule has 0 bridgehead atoms. The van der Waals surface area contributed by atoms with E-state index >= 15 is 0 Å². The van der Waals surface area contributed by atoms with Crippen LogP contribution in [0.1, 0.15) is 17.7 Å². The first-order valence-corrected chi connectivity index (χ1v) is 4.86. The zero-order chi connectivity index (χ0) is 11.4. The van der Waals surface area contributed by atoms with Crippen molar-refractivity contribution in [3.63, 3.8) is 0 Å². The van der Waals surface area contributed by atoms with E-state index in [2.05, 4.69) is 10.3 Å². The summed E-state index contributed by atoms with van der Waals surface area (Å²) in [6.45, 7) is 0.580. The first kappa shape index (κ1) is 10.4. The normalized spacial score (nSPS) is 10.5. The molecule has 0 aliphatic heterocycles. The second-order valence-corrected chi connectivity index (χ2v) is 3.43. The third-order valence-corrected chi connectivity index (χ3v) is 2.11. The Morgan fingerprint density at radius 1 is 1.56 bits per heavy atom. The van der Waals surface area contributed by atoms with Crippen LogP contribution in [-0.4, -0.2) is 26.1 Å². The van der Waals surface area contributed by atoms with Crippen molar-refractivity contribution in [2.24, 2.45) is 0 Å². The van der Waals surface area contributed by atoms with Gasteiger partial charge in [-0.15, -0.1) is 5.10 Å². The number of hydrogen-bond acceptors (Lipinski definition) is 4. The maximum atomic E-state index is 10.4. The molecule has 84 valence electrons. The number of carboxylic acid groups (broad SMARTS) is 1. The molecule has 2 rings (SSSR count). The molecule has 16 heavy (non-hydrogen) atoms. The van der Waals surface area contributed by atoms with Gasteiger partial charge in [0, 0.05) is 18.2 Å². The molecule has 0 aromatic carbocycles. The van der Waals surface area contributed by atoms with E-state index in [0.29, 0.717) is 18.7 Å². The van der Waals surface area contributed by atoms with Crippen molar-refractivity contribution in [1.29, 1.82) is 0 Å². The minimum absolute atomic E-state index is 0.0738. The Morgan fingerprint density at radius 2 is 2.44 bits per heavy atom. The van der Waals surface area contributed by atoms with Crippen LogP contribution in [0.2, 0.25) is 0 Å². The minimum atomic E-state index is -0.829. The number of rotatable bonds is 5. The number of hydrogen-bond donors (Lipinski definition) is 1. The summed E-state index contributed by atoms with van der Waals surface area (Å²) in [4.78, 5) is 10.4. The molecule has 0 amide bonds. The lowest BCUT2D eigenvalue weighted by atomic mass is 10.2. The first-order chi connectivity index (χ1) is 7.74. The third kappa shape index (κ3) is 2.69. The highest BCUT2D eigenvalue weighted by atomic mass is 16.4. The summed E-state index contributed by atoms with van der Waals surface area (Å²) < 4.78 is 6.59. The largest absolute Gasteiger partial charge is 0.481 e. The van der Waals surface area contributed by atoms with Gasteiger partial charge < -0.3 is 9.52 Å². The van der Waals surface area contributed by atoms with Crippen molar-refractivity contribution in [3.8, 4) is 0 Å². The topological polar surface area (TPSA) is 81.1 Å². The van der Waals surface area contributed by atoms with Crippen molar-refractivity contribution < 1.29 is 14.3 Å². The molecule has 0 aliphatic carbocycles. The lowest BCUT2D eigenvalue weighted by Crippen LogP contribution is -1.99. The fraction of sp³-hybridized carbons (Fsp3) is 0.300. The molecule has 6 heteroatoms. The third-order valence-electron chi connectivity index (χ3n) is 2.11. The minimum Gasteiger partial charge on any atom is -0.481 e. The molecular weight excluding hydrogens is 210 g/mol. The summed E-state index contributed by atoms with van der Waals surface area (Å²) in [6.07, 6.45) is 5.46. The van der Waals surface area contributed by atoms with E-state index in [4.69, 9.17) is 9.52 Å². The summed E-state index contributed by atoms with van der Waals surface area (Å²) >= 11 is 0. The number of aryl methyl sites for hydroxylation is 1. The Balaban J connectivity index is 1.94. The van der Waals surface area contributed by atoms with Gasteiger partial charge in [-0.2, -0.15) is 0 Å². The summed E-state index contributed by atoms with van der Waals surface area (Å²) in [7, 11) is 0. The summed E-state index contributed by atoms with van der Waals surface area (Å²) in [5, 5.41) is 16.3. The quantitative estimate of drug-likeness (QED) is 0.812. The van der Waals surface area contributed by atoms with E-state index in [1.165, 1.54) is 0 Å².